The molecule has 9 nitrogen and oxygen atoms in total. The summed E-state index contributed by atoms with van der Waals surface area (Å²) in [5, 5.41) is 11.1. The average molecular weight is 399 g/mol. The quantitative estimate of drug-likeness (QED) is 0.429. The maximum absolute atomic E-state index is 12.2. The first-order valence-corrected chi connectivity index (χ1v) is 9.32. The maximum atomic E-state index is 12.2. The molecule has 1 amide bonds. The van der Waals surface area contributed by atoms with Crippen molar-refractivity contribution >= 4 is 51.0 Å². The van der Waals surface area contributed by atoms with Crippen LogP contribution in [0.4, 0.5) is 17.2 Å². The van der Waals surface area contributed by atoms with Crippen LogP contribution in [0, 0.1) is 5.41 Å². The van der Waals surface area contributed by atoms with Crippen LogP contribution < -0.4 is 15.8 Å². The van der Waals surface area contributed by atoms with Crippen LogP contribution in [-0.4, -0.2) is 52.2 Å². The third kappa shape index (κ3) is 3.86. The lowest BCUT2D eigenvalue weighted by atomic mass is 10.1. The fourth-order valence-electron chi connectivity index (χ4n) is 2.44. The van der Waals surface area contributed by atoms with Crippen LogP contribution in [0.1, 0.15) is 29.2 Å². The van der Waals surface area contributed by atoms with Gasteiger partial charge in [-0.15, -0.1) is 0 Å². The predicted molar refractivity (Wildman–Crippen MR) is 111 cm³/mol. The summed E-state index contributed by atoms with van der Waals surface area (Å²) in [5.74, 6) is 0.773. The molecule has 0 saturated carbocycles. The van der Waals surface area contributed by atoms with E-state index >= 15 is 0 Å². The highest BCUT2D eigenvalue weighted by atomic mass is 32.1. The number of amides is 1. The molecule has 146 valence electrons. The number of anilines is 3. The van der Waals surface area contributed by atoms with E-state index in [0.717, 1.165) is 0 Å². The van der Waals surface area contributed by atoms with E-state index in [1.54, 1.807) is 26.2 Å². The molecule has 0 aliphatic rings. The van der Waals surface area contributed by atoms with Gasteiger partial charge in [-0.3, -0.25) is 4.79 Å². The molecule has 0 unspecified atom stereocenters. The second kappa shape index (κ2) is 7.77. The molecule has 2 aromatic heterocycles. The molecule has 4 N–H and O–H groups in total. The normalized spacial score (nSPS) is 10.9. The lowest BCUT2D eigenvalue weighted by molar-refractivity contribution is 0.0827. The monoisotopic (exact) mass is 399 g/mol. The zero-order chi connectivity index (χ0) is 20.4. The zero-order valence-electron chi connectivity index (χ0n) is 16.0. The molecule has 10 heteroatoms. The van der Waals surface area contributed by atoms with Gasteiger partial charge in [-0.25, -0.2) is 15.0 Å². The van der Waals surface area contributed by atoms with Gasteiger partial charge in [0.2, 0.25) is 0 Å². The Morgan fingerprint density at radius 2 is 2.11 bits per heavy atom. The van der Waals surface area contributed by atoms with Crippen molar-refractivity contribution < 1.29 is 9.53 Å². The number of carbonyl (C=O) groups is 1. The van der Waals surface area contributed by atoms with Crippen LogP contribution in [0.2, 0.25) is 0 Å². The van der Waals surface area contributed by atoms with Gasteiger partial charge in [0.05, 0.1) is 11.8 Å². The third-order valence-electron chi connectivity index (χ3n) is 3.74. The van der Waals surface area contributed by atoms with E-state index in [1.165, 1.54) is 28.8 Å². The van der Waals surface area contributed by atoms with Crippen LogP contribution in [0.5, 0.6) is 5.75 Å². The van der Waals surface area contributed by atoms with Gasteiger partial charge in [0, 0.05) is 37.6 Å². The molecular formula is C18H21N7O2S. The second-order valence-electron chi connectivity index (χ2n) is 6.51. The highest BCUT2D eigenvalue weighted by Gasteiger charge is 2.19. The lowest BCUT2D eigenvalue weighted by Gasteiger charge is -2.17. The molecule has 0 spiro atoms. The minimum atomic E-state index is -0.198. The van der Waals surface area contributed by atoms with Gasteiger partial charge in [0.1, 0.15) is 22.4 Å². The van der Waals surface area contributed by atoms with E-state index in [2.05, 4.69) is 20.3 Å². The molecule has 0 radical (unpaired) electrons. The van der Waals surface area contributed by atoms with E-state index in [1.807, 2.05) is 13.8 Å². The smallest absolute Gasteiger partial charge is 0.282 e. The molecule has 0 saturated heterocycles. The summed E-state index contributed by atoms with van der Waals surface area (Å²) in [6, 6.07) is 3.38. The molecule has 28 heavy (non-hydrogen) atoms. The molecule has 1 aromatic carbocycles. The Labute approximate surface area is 166 Å². The van der Waals surface area contributed by atoms with Crippen LogP contribution >= 0.6 is 11.3 Å². The van der Waals surface area contributed by atoms with Crippen molar-refractivity contribution in [3.63, 3.8) is 0 Å². The standard InChI is InChI=1S/C18H21N7O2S/c1-9(2)27-13-6-11(20)10(7-19)5-12(13)23-15-14-16(22-8-21-15)28-17(24-14)18(26)25(3)4/h5-9,19H,20H2,1-4H3,(H,21,22,23). The lowest BCUT2D eigenvalue weighted by Crippen LogP contribution is -2.21. The topological polar surface area (TPSA) is 130 Å². The van der Waals surface area contributed by atoms with E-state index < -0.39 is 0 Å². The van der Waals surface area contributed by atoms with E-state index in [9.17, 15) is 4.79 Å². The summed E-state index contributed by atoms with van der Waals surface area (Å²) >= 11 is 1.20. The van der Waals surface area contributed by atoms with Gasteiger partial charge in [-0.2, -0.15) is 0 Å². The molecule has 3 aromatic rings. The number of hydrogen-bond acceptors (Lipinski definition) is 9. The van der Waals surface area contributed by atoms with Gasteiger partial charge in [-0.1, -0.05) is 11.3 Å². The Balaban J connectivity index is 2.07. The number of nitrogens with one attached hydrogen (secondary N) is 2. The fraction of sp³-hybridized carbons (Fsp3) is 0.278. The number of aromatic nitrogens is 3. The summed E-state index contributed by atoms with van der Waals surface area (Å²) < 4.78 is 5.85. The largest absolute Gasteiger partial charge is 0.489 e. The summed E-state index contributed by atoms with van der Waals surface area (Å²) in [5.41, 5.74) is 8.06. The van der Waals surface area contributed by atoms with E-state index in [-0.39, 0.29) is 12.0 Å². The van der Waals surface area contributed by atoms with Crippen LogP contribution in [0.15, 0.2) is 18.5 Å². The molecule has 0 fully saturated rings. The molecule has 0 bridgehead atoms. The van der Waals surface area contributed by atoms with Crippen molar-refractivity contribution in [2.75, 3.05) is 25.1 Å². The van der Waals surface area contributed by atoms with E-state index in [0.29, 0.717) is 43.9 Å². The van der Waals surface area contributed by atoms with Gasteiger partial charge in [0.25, 0.3) is 5.91 Å². The third-order valence-corrected chi connectivity index (χ3v) is 4.69. The molecule has 3 rings (SSSR count). The molecule has 0 aliphatic carbocycles. The number of benzene rings is 1. The number of thiazole rings is 1. The molecular weight excluding hydrogens is 378 g/mol. The number of nitrogen functional groups attached to an aromatic ring is 1. The van der Waals surface area contributed by atoms with Crippen LogP contribution in [0.25, 0.3) is 10.3 Å². The molecule has 0 atom stereocenters. The van der Waals surface area contributed by atoms with Gasteiger partial charge < -0.3 is 26.1 Å². The minimum absolute atomic E-state index is 0.0696. The van der Waals surface area contributed by atoms with Gasteiger partial charge in [-0.05, 0) is 19.9 Å². The number of nitrogens with two attached hydrogens (primary N) is 1. The van der Waals surface area contributed by atoms with Crippen LogP contribution in [0.3, 0.4) is 0 Å². The SMILES string of the molecule is CC(C)Oc1cc(N)c(C=N)cc1Nc1ncnc2sc(C(=O)N(C)C)nc12. The second-order valence-corrected chi connectivity index (χ2v) is 7.49. The van der Waals surface area contributed by atoms with Crippen molar-refractivity contribution in [2.45, 2.75) is 20.0 Å². The number of nitrogens with zero attached hydrogens (tertiary/aromatic N) is 4. The molecule has 2 heterocycles. The Morgan fingerprint density at radius 3 is 2.75 bits per heavy atom. The number of carbonyl (C=O) groups excluding carboxylic acids is 1. The number of fused-ring (bicyclic) bond motifs is 1. The highest BCUT2D eigenvalue weighted by molar-refractivity contribution is 7.19. The Bertz CT molecular complexity index is 1050. The molecule has 0 aliphatic heterocycles. The Kier molecular flexibility index (Phi) is 5.41. The van der Waals surface area contributed by atoms with Gasteiger partial charge >= 0.3 is 0 Å². The van der Waals surface area contributed by atoms with Crippen molar-refractivity contribution in [3.8, 4) is 5.75 Å². The first-order chi connectivity index (χ1) is 13.3. The Morgan fingerprint density at radius 1 is 1.36 bits per heavy atom. The Hall–Kier alpha value is -3.27. The summed E-state index contributed by atoms with van der Waals surface area (Å²) in [7, 11) is 3.34. The summed E-state index contributed by atoms with van der Waals surface area (Å²) in [4.78, 5) is 27.2. The first kappa shape index (κ1) is 19.5. The van der Waals surface area contributed by atoms with Crippen molar-refractivity contribution in [3.05, 3.63) is 29.0 Å². The number of rotatable bonds is 6. The van der Waals surface area contributed by atoms with Crippen molar-refractivity contribution in [1.82, 2.24) is 19.9 Å². The fourth-order valence-corrected chi connectivity index (χ4v) is 3.37. The number of hydrogen-bond donors (Lipinski definition) is 3. The first-order valence-electron chi connectivity index (χ1n) is 8.51. The average Bonchev–Trinajstić information content (AvgIpc) is 3.07. The predicted octanol–water partition coefficient (Wildman–Crippen LogP) is 2.90. The van der Waals surface area contributed by atoms with Gasteiger partial charge in [0.15, 0.2) is 10.8 Å². The summed E-state index contributed by atoms with van der Waals surface area (Å²) in [6.45, 7) is 3.82. The maximum Gasteiger partial charge on any atom is 0.282 e. The highest BCUT2D eigenvalue weighted by Crippen LogP contribution is 2.34. The zero-order valence-corrected chi connectivity index (χ0v) is 16.8. The van der Waals surface area contributed by atoms with Crippen molar-refractivity contribution in [2.24, 2.45) is 0 Å². The summed E-state index contributed by atoms with van der Waals surface area (Å²) in [6.07, 6.45) is 2.51. The number of ether oxygens (including phenoxy) is 1. The van der Waals surface area contributed by atoms with E-state index in [4.69, 9.17) is 15.9 Å². The van der Waals surface area contributed by atoms with Crippen LogP contribution in [-0.2, 0) is 0 Å². The minimum Gasteiger partial charge on any atom is -0.489 e. The van der Waals surface area contributed by atoms with Crippen molar-refractivity contribution in [1.29, 1.82) is 5.41 Å².